The zero-order valence-electron chi connectivity index (χ0n) is 9.68. The summed E-state index contributed by atoms with van der Waals surface area (Å²) in [6, 6.07) is 10.6. The molecule has 2 rings (SSSR count). The lowest BCUT2D eigenvalue weighted by Gasteiger charge is -1.99. The first kappa shape index (κ1) is 13.7. The van der Waals surface area contributed by atoms with Gasteiger partial charge in [-0.1, -0.05) is 39.7 Å². The number of amides is 1. The molecule has 1 aromatic carbocycles. The molecule has 0 aliphatic heterocycles. The van der Waals surface area contributed by atoms with Gasteiger partial charge in [0, 0.05) is 15.7 Å². The van der Waals surface area contributed by atoms with E-state index in [2.05, 4.69) is 31.4 Å². The third-order valence-electron chi connectivity index (χ3n) is 2.20. The van der Waals surface area contributed by atoms with Gasteiger partial charge in [-0.2, -0.15) is 5.10 Å². The van der Waals surface area contributed by atoms with Crippen LogP contribution >= 0.6 is 27.5 Å². The fraction of sp³-hybridized carbons (Fsp3) is 0. The van der Waals surface area contributed by atoms with Gasteiger partial charge in [0.2, 0.25) is 0 Å². The molecule has 0 unspecified atom stereocenters. The van der Waals surface area contributed by atoms with E-state index in [0.717, 1.165) is 10.0 Å². The zero-order valence-corrected chi connectivity index (χ0v) is 12.0. The molecule has 0 spiro atoms. The molecule has 0 aliphatic carbocycles. The number of nitrogens with zero attached hydrogens (tertiary/aromatic N) is 2. The summed E-state index contributed by atoms with van der Waals surface area (Å²) < 4.78 is 0.983. The second-order valence-electron chi connectivity index (χ2n) is 3.61. The van der Waals surface area contributed by atoms with Gasteiger partial charge in [0.05, 0.1) is 6.21 Å². The number of halogens is 2. The Labute approximate surface area is 123 Å². The quantitative estimate of drug-likeness (QED) is 0.690. The molecule has 96 valence electrons. The van der Waals surface area contributed by atoms with Crippen LogP contribution in [0.3, 0.4) is 0 Å². The van der Waals surface area contributed by atoms with Gasteiger partial charge in [-0.3, -0.25) is 9.78 Å². The van der Waals surface area contributed by atoms with Crippen molar-refractivity contribution in [2.45, 2.75) is 0 Å². The molecule has 1 aromatic heterocycles. The summed E-state index contributed by atoms with van der Waals surface area (Å²) >= 11 is 9.11. The second-order valence-corrected chi connectivity index (χ2v) is 4.96. The van der Waals surface area contributed by atoms with Crippen LogP contribution < -0.4 is 5.43 Å². The molecule has 0 aliphatic rings. The van der Waals surface area contributed by atoms with E-state index >= 15 is 0 Å². The van der Waals surface area contributed by atoms with E-state index in [0.29, 0.717) is 5.02 Å². The number of hydrogen-bond donors (Lipinski definition) is 1. The first-order valence-electron chi connectivity index (χ1n) is 5.36. The van der Waals surface area contributed by atoms with Gasteiger partial charge < -0.3 is 0 Å². The lowest BCUT2D eigenvalue weighted by atomic mass is 10.2. The summed E-state index contributed by atoms with van der Waals surface area (Å²) in [4.78, 5) is 15.6. The number of nitrogens with one attached hydrogen (secondary N) is 1. The van der Waals surface area contributed by atoms with Crippen molar-refractivity contribution in [3.05, 3.63) is 63.3 Å². The van der Waals surface area contributed by atoms with Crippen molar-refractivity contribution in [2.75, 3.05) is 0 Å². The molecule has 0 atom stereocenters. The summed E-state index contributed by atoms with van der Waals surface area (Å²) in [5, 5.41) is 4.31. The van der Waals surface area contributed by atoms with Crippen molar-refractivity contribution in [3.8, 4) is 0 Å². The number of rotatable bonds is 3. The Balaban J connectivity index is 1.98. The molecule has 0 radical (unpaired) electrons. The molecule has 19 heavy (non-hydrogen) atoms. The Kier molecular flexibility index (Phi) is 4.65. The van der Waals surface area contributed by atoms with E-state index in [1.807, 2.05) is 24.3 Å². The molecule has 0 fully saturated rings. The summed E-state index contributed by atoms with van der Waals surface area (Å²) in [7, 11) is 0. The highest BCUT2D eigenvalue weighted by Crippen LogP contribution is 2.09. The molecule has 2 aromatic rings. The van der Waals surface area contributed by atoms with E-state index < -0.39 is 5.91 Å². The number of carbonyl (C=O) groups excluding carboxylic acids is 1. The maximum absolute atomic E-state index is 11.7. The minimum absolute atomic E-state index is 0.223. The molecule has 0 saturated carbocycles. The summed E-state index contributed by atoms with van der Waals surface area (Å²) in [5.74, 6) is -0.407. The topological polar surface area (TPSA) is 54.4 Å². The van der Waals surface area contributed by atoms with Crippen LogP contribution in [0.25, 0.3) is 0 Å². The van der Waals surface area contributed by atoms with Crippen molar-refractivity contribution < 1.29 is 4.79 Å². The van der Waals surface area contributed by atoms with Gasteiger partial charge in [-0.25, -0.2) is 5.43 Å². The van der Waals surface area contributed by atoms with Crippen molar-refractivity contribution in [1.82, 2.24) is 10.4 Å². The highest BCUT2D eigenvalue weighted by atomic mass is 79.9. The SMILES string of the molecule is O=C(NN=Cc1ccc(Br)cc1)c1cc(Cl)ccn1. The Morgan fingerprint density at radius 1 is 1.32 bits per heavy atom. The van der Waals surface area contributed by atoms with Crippen LogP contribution in [-0.2, 0) is 0 Å². The van der Waals surface area contributed by atoms with E-state index in [9.17, 15) is 4.79 Å². The van der Waals surface area contributed by atoms with Crippen LogP contribution in [0.2, 0.25) is 5.02 Å². The number of hydrogen-bond acceptors (Lipinski definition) is 3. The molecule has 0 saturated heterocycles. The zero-order chi connectivity index (χ0) is 13.7. The van der Waals surface area contributed by atoms with Gasteiger partial charge in [0.15, 0.2) is 0 Å². The highest BCUT2D eigenvalue weighted by molar-refractivity contribution is 9.10. The molecule has 1 amide bonds. The monoisotopic (exact) mass is 337 g/mol. The van der Waals surface area contributed by atoms with E-state index in [1.165, 1.54) is 12.3 Å². The number of carbonyl (C=O) groups is 1. The predicted molar refractivity (Wildman–Crippen MR) is 78.4 cm³/mol. The van der Waals surface area contributed by atoms with Gasteiger partial charge in [-0.05, 0) is 29.8 Å². The molecular formula is C13H9BrClN3O. The second kappa shape index (κ2) is 6.45. The van der Waals surface area contributed by atoms with Crippen molar-refractivity contribution in [1.29, 1.82) is 0 Å². The minimum Gasteiger partial charge on any atom is -0.266 e. The maximum atomic E-state index is 11.7. The lowest BCUT2D eigenvalue weighted by molar-refractivity contribution is 0.0950. The summed E-state index contributed by atoms with van der Waals surface area (Å²) in [6.07, 6.45) is 3.02. The minimum atomic E-state index is -0.407. The Morgan fingerprint density at radius 3 is 2.74 bits per heavy atom. The Bertz CT molecular complexity index is 614. The van der Waals surface area contributed by atoms with Crippen molar-refractivity contribution >= 4 is 39.7 Å². The van der Waals surface area contributed by atoms with Gasteiger partial charge in [0.25, 0.3) is 5.91 Å². The molecule has 4 nitrogen and oxygen atoms in total. The number of hydrazone groups is 1. The van der Waals surface area contributed by atoms with E-state index in [1.54, 1.807) is 12.3 Å². The Morgan fingerprint density at radius 2 is 2.05 bits per heavy atom. The van der Waals surface area contributed by atoms with E-state index in [4.69, 9.17) is 11.6 Å². The fourth-order valence-electron chi connectivity index (χ4n) is 1.30. The lowest BCUT2D eigenvalue weighted by Crippen LogP contribution is -2.18. The van der Waals surface area contributed by atoms with Crippen LogP contribution in [-0.4, -0.2) is 17.1 Å². The predicted octanol–water partition coefficient (Wildman–Crippen LogP) is 3.26. The van der Waals surface area contributed by atoms with Gasteiger partial charge in [-0.15, -0.1) is 0 Å². The first-order chi connectivity index (χ1) is 9.15. The average Bonchev–Trinajstić information content (AvgIpc) is 2.41. The van der Waals surface area contributed by atoms with E-state index in [-0.39, 0.29) is 5.69 Å². The van der Waals surface area contributed by atoms with Crippen molar-refractivity contribution in [3.63, 3.8) is 0 Å². The maximum Gasteiger partial charge on any atom is 0.289 e. The molecule has 1 heterocycles. The summed E-state index contributed by atoms with van der Waals surface area (Å²) in [5.41, 5.74) is 3.49. The van der Waals surface area contributed by atoms with Crippen LogP contribution in [0.5, 0.6) is 0 Å². The number of benzene rings is 1. The smallest absolute Gasteiger partial charge is 0.266 e. The highest BCUT2D eigenvalue weighted by Gasteiger charge is 2.05. The number of aromatic nitrogens is 1. The molecule has 6 heteroatoms. The largest absolute Gasteiger partial charge is 0.289 e. The fourth-order valence-corrected chi connectivity index (χ4v) is 1.72. The van der Waals surface area contributed by atoms with Crippen LogP contribution in [0, 0.1) is 0 Å². The normalized spacial score (nSPS) is 10.6. The Hall–Kier alpha value is -1.72. The number of pyridine rings is 1. The molecule has 1 N–H and O–H groups in total. The van der Waals surface area contributed by atoms with Crippen LogP contribution in [0.4, 0.5) is 0 Å². The third-order valence-corrected chi connectivity index (χ3v) is 2.97. The summed E-state index contributed by atoms with van der Waals surface area (Å²) in [6.45, 7) is 0. The molecular weight excluding hydrogens is 330 g/mol. The van der Waals surface area contributed by atoms with Crippen molar-refractivity contribution in [2.24, 2.45) is 5.10 Å². The van der Waals surface area contributed by atoms with Crippen LogP contribution in [0.15, 0.2) is 52.2 Å². The molecule has 0 bridgehead atoms. The standard InChI is InChI=1S/C13H9BrClN3O/c14-10-3-1-9(2-4-10)8-17-18-13(19)12-7-11(15)5-6-16-12/h1-8H,(H,18,19). The third kappa shape index (κ3) is 4.15. The first-order valence-corrected chi connectivity index (χ1v) is 6.53. The average molecular weight is 339 g/mol. The van der Waals surface area contributed by atoms with Gasteiger partial charge >= 0.3 is 0 Å². The van der Waals surface area contributed by atoms with Crippen LogP contribution in [0.1, 0.15) is 16.1 Å². The van der Waals surface area contributed by atoms with Gasteiger partial charge in [0.1, 0.15) is 5.69 Å².